The predicted molar refractivity (Wildman–Crippen MR) is 110 cm³/mol. The summed E-state index contributed by atoms with van der Waals surface area (Å²) in [4.78, 5) is 18.4. The van der Waals surface area contributed by atoms with Crippen molar-refractivity contribution in [3.05, 3.63) is 71.1 Å². The number of nitrogens with zero attached hydrogens (tertiary/aromatic N) is 5. The molecule has 30 heavy (non-hydrogen) atoms. The van der Waals surface area contributed by atoms with Gasteiger partial charge in [0.05, 0.1) is 7.11 Å². The van der Waals surface area contributed by atoms with Crippen LogP contribution in [0.1, 0.15) is 34.4 Å². The van der Waals surface area contributed by atoms with Crippen LogP contribution in [-0.4, -0.2) is 55.9 Å². The first-order chi connectivity index (χ1) is 14.6. The minimum Gasteiger partial charge on any atom is -0.496 e. The number of aliphatic carboxylic acids is 1. The molecular weight excluding hydrogens is 382 g/mol. The van der Waals surface area contributed by atoms with Crippen molar-refractivity contribution in [3.8, 4) is 5.75 Å². The molecule has 1 atom stereocenters. The summed E-state index contributed by atoms with van der Waals surface area (Å²) >= 11 is 0. The maximum Gasteiger partial charge on any atom is 0.325 e. The van der Waals surface area contributed by atoms with Gasteiger partial charge < -0.3 is 14.4 Å². The van der Waals surface area contributed by atoms with Crippen molar-refractivity contribution in [1.82, 2.24) is 24.6 Å². The summed E-state index contributed by atoms with van der Waals surface area (Å²) in [6.45, 7) is 3.75. The molecule has 0 spiro atoms. The average Bonchev–Trinajstić information content (AvgIpc) is 2.99. The lowest BCUT2D eigenvalue weighted by molar-refractivity contribution is -0.143. The lowest BCUT2D eigenvalue weighted by atomic mass is 10.0. The number of benzene rings is 1. The molecule has 156 valence electrons. The average molecular weight is 407 g/mol. The number of ether oxygens (including phenoxy) is 1. The Morgan fingerprint density at radius 2 is 2.10 bits per heavy atom. The molecule has 8 heteroatoms. The van der Waals surface area contributed by atoms with Gasteiger partial charge in [-0.05, 0) is 24.6 Å². The van der Waals surface area contributed by atoms with Crippen molar-refractivity contribution in [3.63, 3.8) is 0 Å². The molecule has 8 nitrogen and oxygen atoms in total. The van der Waals surface area contributed by atoms with Crippen molar-refractivity contribution in [2.75, 3.05) is 20.2 Å². The van der Waals surface area contributed by atoms with E-state index in [-0.39, 0.29) is 0 Å². The molecule has 0 saturated carbocycles. The molecule has 1 unspecified atom stereocenters. The van der Waals surface area contributed by atoms with Gasteiger partial charge in [-0.15, -0.1) is 10.2 Å². The fourth-order valence-corrected chi connectivity index (χ4v) is 4.03. The molecule has 2 aromatic heterocycles. The number of rotatable bonds is 6. The van der Waals surface area contributed by atoms with E-state index in [9.17, 15) is 9.90 Å². The van der Waals surface area contributed by atoms with Crippen LogP contribution in [0.15, 0.2) is 42.7 Å². The van der Waals surface area contributed by atoms with Crippen LogP contribution in [0, 0.1) is 6.92 Å². The minimum atomic E-state index is -0.882. The number of aromatic nitrogens is 4. The van der Waals surface area contributed by atoms with E-state index in [2.05, 4.69) is 19.7 Å². The minimum absolute atomic E-state index is 0.582. The van der Waals surface area contributed by atoms with Crippen LogP contribution >= 0.6 is 0 Å². The van der Waals surface area contributed by atoms with Gasteiger partial charge in [0, 0.05) is 50.4 Å². The summed E-state index contributed by atoms with van der Waals surface area (Å²) in [6.07, 6.45) is 4.86. The van der Waals surface area contributed by atoms with Crippen molar-refractivity contribution < 1.29 is 14.6 Å². The van der Waals surface area contributed by atoms with Crippen molar-refractivity contribution in [1.29, 1.82) is 0 Å². The fraction of sp³-hybridized carbons (Fsp3) is 0.364. The Bertz CT molecular complexity index is 1030. The summed E-state index contributed by atoms with van der Waals surface area (Å²) in [6, 6.07) is 8.80. The van der Waals surface area contributed by atoms with Crippen molar-refractivity contribution >= 4 is 5.97 Å². The maximum atomic E-state index is 12.3. The van der Waals surface area contributed by atoms with E-state index in [1.54, 1.807) is 13.3 Å². The standard InChI is InChI=1S/C22H25N5O3/c1-15-5-6-18(30-2)17(12-15)21(22(28)29)26-9-7-19-24-25-20(27(19)11-10-26)13-16-4-3-8-23-14-16/h3-6,8,12,14,21H,7,9-11,13H2,1-2H3,(H,28,29). The van der Waals surface area contributed by atoms with Gasteiger partial charge in [0.25, 0.3) is 0 Å². The Morgan fingerprint density at radius 1 is 1.23 bits per heavy atom. The molecule has 0 aliphatic carbocycles. The van der Waals surface area contributed by atoms with E-state index in [0.29, 0.717) is 43.8 Å². The van der Waals surface area contributed by atoms with Crippen LogP contribution in [-0.2, 0) is 24.2 Å². The Balaban J connectivity index is 1.58. The molecule has 0 fully saturated rings. The first-order valence-electron chi connectivity index (χ1n) is 9.98. The maximum absolute atomic E-state index is 12.3. The second-order valence-electron chi connectivity index (χ2n) is 7.49. The van der Waals surface area contributed by atoms with Crippen LogP contribution in [0.3, 0.4) is 0 Å². The normalized spacial score (nSPS) is 15.3. The number of methoxy groups -OCH3 is 1. The molecule has 0 amide bonds. The van der Waals surface area contributed by atoms with Gasteiger partial charge in [0.15, 0.2) is 0 Å². The van der Waals surface area contributed by atoms with Crippen LogP contribution in [0.5, 0.6) is 5.75 Å². The Hall–Kier alpha value is -3.26. The Kier molecular flexibility index (Phi) is 5.76. The molecule has 4 rings (SSSR count). The molecule has 1 N–H and O–H groups in total. The number of fused-ring (bicyclic) bond motifs is 1. The zero-order valence-corrected chi connectivity index (χ0v) is 17.2. The predicted octanol–water partition coefficient (Wildman–Crippen LogP) is 2.26. The zero-order valence-electron chi connectivity index (χ0n) is 17.2. The highest BCUT2D eigenvalue weighted by Crippen LogP contribution is 2.31. The first-order valence-corrected chi connectivity index (χ1v) is 9.98. The summed E-state index contributed by atoms with van der Waals surface area (Å²) in [5.41, 5.74) is 2.75. The second-order valence-corrected chi connectivity index (χ2v) is 7.49. The fourth-order valence-electron chi connectivity index (χ4n) is 4.03. The third-order valence-corrected chi connectivity index (χ3v) is 5.50. The monoisotopic (exact) mass is 407 g/mol. The van der Waals surface area contributed by atoms with E-state index >= 15 is 0 Å². The van der Waals surface area contributed by atoms with Crippen LogP contribution in [0.25, 0.3) is 0 Å². The molecule has 1 aliphatic heterocycles. The van der Waals surface area contributed by atoms with Gasteiger partial charge in [0.1, 0.15) is 23.4 Å². The summed E-state index contributed by atoms with van der Waals surface area (Å²) < 4.78 is 7.57. The van der Waals surface area contributed by atoms with Crippen LogP contribution < -0.4 is 4.74 Å². The van der Waals surface area contributed by atoms with E-state index < -0.39 is 12.0 Å². The number of hydrogen-bond donors (Lipinski definition) is 1. The van der Waals surface area contributed by atoms with Gasteiger partial charge in [-0.25, -0.2) is 0 Å². The summed E-state index contributed by atoms with van der Waals surface area (Å²) in [5.74, 6) is 1.47. The highest BCUT2D eigenvalue weighted by atomic mass is 16.5. The lowest BCUT2D eigenvalue weighted by Gasteiger charge is -2.28. The molecule has 1 aromatic carbocycles. The third kappa shape index (κ3) is 4.04. The number of carbonyl (C=O) groups is 1. The molecule has 3 heterocycles. The van der Waals surface area contributed by atoms with Crippen molar-refractivity contribution in [2.45, 2.75) is 32.4 Å². The molecule has 0 radical (unpaired) electrons. The van der Waals surface area contributed by atoms with Gasteiger partial charge >= 0.3 is 5.97 Å². The highest BCUT2D eigenvalue weighted by molar-refractivity contribution is 5.77. The van der Waals surface area contributed by atoms with E-state index in [1.165, 1.54) is 0 Å². The number of hydrogen-bond acceptors (Lipinski definition) is 6. The molecular formula is C22H25N5O3. The highest BCUT2D eigenvalue weighted by Gasteiger charge is 2.32. The molecule has 0 saturated heterocycles. The third-order valence-electron chi connectivity index (χ3n) is 5.50. The molecule has 3 aromatic rings. The number of carboxylic acid groups (broad SMARTS) is 1. The first kappa shape index (κ1) is 20.0. The van der Waals surface area contributed by atoms with Gasteiger partial charge in [0.2, 0.25) is 0 Å². The zero-order chi connectivity index (χ0) is 21.1. The lowest BCUT2D eigenvalue weighted by Crippen LogP contribution is -2.36. The topological polar surface area (TPSA) is 93.4 Å². The smallest absolute Gasteiger partial charge is 0.325 e. The Morgan fingerprint density at radius 3 is 2.83 bits per heavy atom. The van der Waals surface area contributed by atoms with Gasteiger partial charge in [-0.2, -0.15) is 0 Å². The van der Waals surface area contributed by atoms with E-state index in [4.69, 9.17) is 4.74 Å². The second kappa shape index (κ2) is 8.62. The molecule has 1 aliphatic rings. The van der Waals surface area contributed by atoms with E-state index in [0.717, 1.165) is 22.8 Å². The van der Waals surface area contributed by atoms with Gasteiger partial charge in [-0.1, -0.05) is 23.8 Å². The summed E-state index contributed by atoms with van der Waals surface area (Å²) in [5, 5.41) is 18.8. The quantitative estimate of drug-likeness (QED) is 0.670. The largest absolute Gasteiger partial charge is 0.496 e. The number of pyridine rings is 1. The van der Waals surface area contributed by atoms with Crippen LogP contribution in [0.4, 0.5) is 0 Å². The van der Waals surface area contributed by atoms with Gasteiger partial charge in [-0.3, -0.25) is 14.7 Å². The molecule has 0 bridgehead atoms. The van der Waals surface area contributed by atoms with Crippen molar-refractivity contribution in [2.24, 2.45) is 0 Å². The summed E-state index contributed by atoms with van der Waals surface area (Å²) in [7, 11) is 1.57. The Labute approximate surface area is 175 Å². The van der Waals surface area contributed by atoms with Crippen LogP contribution in [0.2, 0.25) is 0 Å². The SMILES string of the molecule is COc1ccc(C)cc1C(C(=O)O)N1CCc2nnc(Cc3cccnc3)n2CC1. The number of carboxylic acids is 1. The van der Waals surface area contributed by atoms with E-state index in [1.807, 2.05) is 48.4 Å². The number of aryl methyl sites for hydroxylation is 1.